The van der Waals surface area contributed by atoms with E-state index >= 15 is 0 Å². The summed E-state index contributed by atoms with van der Waals surface area (Å²) in [6, 6.07) is 0.350. The smallest absolute Gasteiger partial charge is 0.110 e. The van der Waals surface area contributed by atoms with Gasteiger partial charge >= 0.3 is 0 Å². The Hall–Kier alpha value is -0.490. The van der Waals surface area contributed by atoms with Gasteiger partial charge in [0, 0.05) is 37.9 Å². The van der Waals surface area contributed by atoms with Gasteiger partial charge in [-0.05, 0) is 25.7 Å². The summed E-state index contributed by atoms with van der Waals surface area (Å²) in [6.07, 6.45) is 2.23. The van der Waals surface area contributed by atoms with Crippen LogP contribution in [0.3, 0.4) is 0 Å². The van der Waals surface area contributed by atoms with Gasteiger partial charge in [-0.2, -0.15) is 0 Å². The van der Waals surface area contributed by atoms with E-state index in [1.165, 1.54) is 5.01 Å². The fraction of sp³-hybridized carbons (Fsp3) is 0.769. The summed E-state index contributed by atoms with van der Waals surface area (Å²) in [4.78, 5) is 4.64. The van der Waals surface area contributed by atoms with Gasteiger partial charge in [0.05, 0.1) is 12.6 Å². The molecule has 0 radical (unpaired) electrons. The highest BCUT2D eigenvalue weighted by Crippen LogP contribution is 2.31. The number of aryl methyl sites for hydroxylation is 1. The molecule has 0 spiro atoms. The maximum Gasteiger partial charge on any atom is 0.110 e. The molecule has 0 saturated carbocycles. The summed E-state index contributed by atoms with van der Waals surface area (Å²) < 4.78 is 10.6. The molecule has 2 rings (SSSR count). The topological polar surface area (TPSA) is 43.4 Å². The number of ether oxygens (including phenoxy) is 2. The summed E-state index contributed by atoms with van der Waals surface area (Å²) in [6.45, 7) is 5.41. The molecule has 18 heavy (non-hydrogen) atoms. The third-order valence-corrected chi connectivity index (χ3v) is 4.36. The van der Waals surface area contributed by atoms with Crippen LogP contribution in [-0.2, 0) is 9.47 Å². The first-order chi connectivity index (χ1) is 8.81. The van der Waals surface area contributed by atoms with Crippen molar-refractivity contribution in [2.24, 2.45) is 5.92 Å². The Morgan fingerprint density at radius 2 is 2.33 bits per heavy atom. The number of nitrogens with zero attached hydrogens (tertiary/aromatic N) is 1. The molecule has 4 nitrogen and oxygen atoms in total. The zero-order valence-electron chi connectivity index (χ0n) is 11.1. The van der Waals surface area contributed by atoms with Crippen molar-refractivity contribution >= 4 is 11.3 Å². The highest BCUT2D eigenvalue weighted by atomic mass is 32.1. The van der Waals surface area contributed by atoms with Gasteiger partial charge in [-0.3, -0.25) is 0 Å². The number of methoxy groups -OCH3 is 1. The molecule has 1 atom stereocenters. The molecule has 2 heterocycles. The molecular formula is C13H22N2O2S. The van der Waals surface area contributed by atoms with Crippen LogP contribution in [0.1, 0.15) is 29.6 Å². The third-order valence-electron chi connectivity index (χ3n) is 3.31. The van der Waals surface area contributed by atoms with E-state index in [0.717, 1.165) is 44.9 Å². The van der Waals surface area contributed by atoms with Gasteiger partial charge in [-0.1, -0.05) is 0 Å². The van der Waals surface area contributed by atoms with Gasteiger partial charge < -0.3 is 14.8 Å². The standard InChI is InChI=1S/C13H22N2O2S/c1-10-9-18-13(15-10)12(14-5-8-16-2)11-3-6-17-7-4-11/h9,11-12,14H,3-8H2,1-2H3. The van der Waals surface area contributed by atoms with Gasteiger partial charge in [-0.15, -0.1) is 11.3 Å². The third kappa shape index (κ3) is 3.75. The van der Waals surface area contributed by atoms with Crippen molar-refractivity contribution in [3.63, 3.8) is 0 Å². The fourth-order valence-electron chi connectivity index (χ4n) is 2.34. The average molecular weight is 270 g/mol. The predicted octanol–water partition coefficient (Wildman–Crippen LogP) is 2.16. The van der Waals surface area contributed by atoms with E-state index in [9.17, 15) is 0 Å². The van der Waals surface area contributed by atoms with E-state index < -0.39 is 0 Å². The molecule has 1 aliphatic heterocycles. The maximum atomic E-state index is 5.45. The predicted molar refractivity (Wildman–Crippen MR) is 73.0 cm³/mol. The molecule has 0 amide bonds. The molecule has 1 unspecified atom stereocenters. The lowest BCUT2D eigenvalue weighted by Crippen LogP contribution is -2.33. The van der Waals surface area contributed by atoms with E-state index in [2.05, 4.69) is 22.6 Å². The highest BCUT2D eigenvalue weighted by molar-refractivity contribution is 7.09. The van der Waals surface area contributed by atoms with Crippen molar-refractivity contribution in [1.82, 2.24) is 10.3 Å². The largest absolute Gasteiger partial charge is 0.383 e. The van der Waals surface area contributed by atoms with Crippen LogP contribution in [0.25, 0.3) is 0 Å². The summed E-state index contributed by atoms with van der Waals surface area (Å²) >= 11 is 1.75. The molecule has 0 bridgehead atoms. The molecule has 1 aromatic rings. The Balaban J connectivity index is 2.01. The van der Waals surface area contributed by atoms with Crippen molar-refractivity contribution < 1.29 is 9.47 Å². The summed E-state index contributed by atoms with van der Waals surface area (Å²) in [7, 11) is 1.73. The van der Waals surface area contributed by atoms with Gasteiger partial charge in [0.25, 0.3) is 0 Å². The number of nitrogens with one attached hydrogen (secondary N) is 1. The molecule has 1 aromatic heterocycles. The van der Waals surface area contributed by atoms with Crippen LogP contribution in [0.5, 0.6) is 0 Å². The van der Waals surface area contributed by atoms with Crippen LogP contribution in [0, 0.1) is 12.8 Å². The minimum Gasteiger partial charge on any atom is -0.383 e. The molecule has 0 aromatic carbocycles. The van der Waals surface area contributed by atoms with Crippen LogP contribution in [0.15, 0.2) is 5.38 Å². The summed E-state index contributed by atoms with van der Waals surface area (Å²) in [5, 5.41) is 6.92. The molecular weight excluding hydrogens is 248 g/mol. The van der Waals surface area contributed by atoms with Gasteiger partial charge in [-0.25, -0.2) is 4.98 Å². The van der Waals surface area contributed by atoms with Crippen molar-refractivity contribution in [2.75, 3.05) is 33.5 Å². The van der Waals surface area contributed by atoms with Crippen molar-refractivity contribution in [1.29, 1.82) is 0 Å². The molecule has 1 N–H and O–H groups in total. The lowest BCUT2D eigenvalue weighted by molar-refractivity contribution is 0.0524. The van der Waals surface area contributed by atoms with Crippen molar-refractivity contribution in [2.45, 2.75) is 25.8 Å². The molecule has 102 valence electrons. The number of rotatable bonds is 6. The number of hydrogen-bond donors (Lipinski definition) is 1. The Morgan fingerprint density at radius 3 is 2.94 bits per heavy atom. The van der Waals surface area contributed by atoms with E-state index in [0.29, 0.717) is 12.0 Å². The Morgan fingerprint density at radius 1 is 1.56 bits per heavy atom. The van der Waals surface area contributed by atoms with Crippen LogP contribution in [0.4, 0.5) is 0 Å². The Bertz CT molecular complexity index is 351. The van der Waals surface area contributed by atoms with Gasteiger partial charge in [0.2, 0.25) is 0 Å². The summed E-state index contributed by atoms with van der Waals surface area (Å²) in [5.74, 6) is 0.626. The SMILES string of the molecule is COCCNC(c1nc(C)cs1)C1CCOCC1. The average Bonchev–Trinajstić information content (AvgIpc) is 2.82. The van der Waals surface area contributed by atoms with Crippen LogP contribution < -0.4 is 5.32 Å². The molecule has 1 saturated heterocycles. The van der Waals surface area contributed by atoms with E-state index in [1.54, 1.807) is 18.4 Å². The molecule has 0 aliphatic carbocycles. The second-order valence-electron chi connectivity index (χ2n) is 4.70. The zero-order valence-corrected chi connectivity index (χ0v) is 12.0. The number of thiazole rings is 1. The Labute approximate surface area is 113 Å². The number of hydrogen-bond acceptors (Lipinski definition) is 5. The van der Waals surface area contributed by atoms with Crippen LogP contribution in [-0.4, -0.2) is 38.5 Å². The quantitative estimate of drug-likeness (QED) is 0.804. The first-order valence-electron chi connectivity index (χ1n) is 6.53. The monoisotopic (exact) mass is 270 g/mol. The highest BCUT2D eigenvalue weighted by Gasteiger charge is 2.27. The first kappa shape index (κ1) is 13.9. The molecule has 1 fully saturated rings. The van der Waals surface area contributed by atoms with Gasteiger partial charge in [0.15, 0.2) is 0 Å². The molecule has 5 heteroatoms. The maximum absolute atomic E-state index is 5.45. The minimum atomic E-state index is 0.350. The zero-order chi connectivity index (χ0) is 12.8. The van der Waals surface area contributed by atoms with Crippen molar-refractivity contribution in [3.8, 4) is 0 Å². The lowest BCUT2D eigenvalue weighted by Gasteiger charge is -2.29. The van der Waals surface area contributed by atoms with E-state index in [4.69, 9.17) is 9.47 Å². The van der Waals surface area contributed by atoms with Crippen molar-refractivity contribution in [3.05, 3.63) is 16.1 Å². The van der Waals surface area contributed by atoms with Gasteiger partial charge in [0.1, 0.15) is 5.01 Å². The first-order valence-corrected chi connectivity index (χ1v) is 7.41. The van der Waals surface area contributed by atoms with E-state index in [-0.39, 0.29) is 0 Å². The Kier molecular flexibility index (Phi) is 5.56. The number of aromatic nitrogens is 1. The van der Waals surface area contributed by atoms with Crippen LogP contribution in [0.2, 0.25) is 0 Å². The normalized spacial score (nSPS) is 19.0. The molecule has 1 aliphatic rings. The van der Waals surface area contributed by atoms with E-state index in [1.807, 2.05) is 0 Å². The second-order valence-corrected chi connectivity index (χ2v) is 5.59. The van der Waals surface area contributed by atoms with Crippen LogP contribution >= 0.6 is 11.3 Å². The lowest BCUT2D eigenvalue weighted by atomic mass is 9.92. The second kappa shape index (κ2) is 7.19. The minimum absolute atomic E-state index is 0.350. The fourth-order valence-corrected chi connectivity index (χ4v) is 3.30. The summed E-state index contributed by atoms with van der Waals surface area (Å²) in [5.41, 5.74) is 1.11.